The number of hydrogen-bond donors (Lipinski definition) is 1. The van der Waals surface area contributed by atoms with Crippen molar-refractivity contribution in [3.63, 3.8) is 0 Å². The minimum atomic E-state index is -0.973. The van der Waals surface area contributed by atoms with Gasteiger partial charge in [-0.15, -0.1) is 0 Å². The molecule has 0 spiro atoms. The summed E-state index contributed by atoms with van der Waals surface area (Å²) in [6, 6.07) is 17.6. The van der Waals surface area contributed by atoms with E-state index in [-0.39, 0.29) is 11.5 Å². The fourth-order valence-corrected chi connectivity index (χ4v) is 3.57. The highest BCUT2D eigenvalue weighted by Gasteiger charge is 2.20. The predicted octanol–water partition coefficient (Wildman–Crippen LogP) is 5.61. The molecule has 2 aromatic carbocycles. The van der Waals surface area contributed by atoms with Crippen molar-refractivity contribution in [2.24, 2.45) is 5.41 Å². The monoisotopic (exact) mass is 499 g/mol. The number of amides is 1. The average molecular weight is 500 g/mol. The third-order valence-electron chi connectivity index (χ3n) is 5.49. The first-order valence-electron chi connectivity index (χ1n) is 12.7. The Morgan fingerprint density at radius 2 is 1.64 bits per heavy atom. The SMILES string of the molecule is CCOC(Cc1ccc(OCCN(CCCCc2ccccc2)C(=O)OCC(C)(C)C)cc1)C(=O)O. The van der Waals surface area contributed by atoms with Crippen molar-refractivity contribution in [1.82, 2.24) is 4.90 Å². The second-order valence-corrected chi connectivity index (χ2v) is 10.0. The van der Waals surface area contributed by atoms with Crippen LogP contribution in [0.4, 0.5) is 4.79 Å². The molecule has 0 aliphatic carbocycles. The summed E-state index contributed by atoms with van der Waals surface area (Å²) in [6.07, 6.45) is 1.93. The molecule has 2 aromatic rings. The zero-order valence-corrected chi connectivity index (χ0v) is 22.1. The molecule has 1 atom stereocenters. The highest BCUT2D eigenvalue weighted by Crippen LogP contribution is 2.16. The molecule has 0 heterocycles. The lowest BCUT2D eigenvalue weighted by Gasteiger charge is -2.25. The lowest BCUT2D eigenvalue weighted by atomic mass is 9.99. The Labute approximate surface area is 215 Å². The fraction of sp³-hybridized carbons (Fsp3) is 0.517. The van der Waals surface area contributed by atoms with Gasteiger partial charge in [0.1, 0.15) is 12.4 Å². The van der Waals surface area contributed by atoms with E-state index in [0.29, 0.717) is 45.1 Å². The van der Waals surface area contributed by atoms with Crippen LogP contribution in [-0.4, -0.2) is 61.1 Å². The maximum atomic E-state index is 12.7. The number of carbonyl (C=O) groups is 2. The summed E-state index contributed by atoms with van der Waals surface area (Å²) >= 11 is 0. The van der Waals surface area contributed by atoms with E-state index in [1.54, 1.807) is 11.8 Å². The highest BCUT2D eigenvalue weighted by molar-refractivity contribution is 5.72. The molecule has 7 heteroatoms. The van der Waals surface area contributed by atoms with Crippen molar-refractivity contribution in [1.29, 1.82) is 0 Å². The van der Waals surface area contributed by atoms with E-state index in [1.165, 1.54) is 5.56 Å². The Hall–Kier alpha value is -3.06. The highest BCUT2D eigenvalue weighted by atomic mass is 16.6. The number of nitrogens with zero attached hydrogens (tertiary/aromatic N) is 1. The molecular weight excluding hydrogens is 458 g/mol. The van der Waals surface area contributed by atoms with E-state index in [9.17, 15) is 14.7 Å². The molecule has 0 fully saturated rings. The molecule has 0 aromatic heterocycles. The van der Waals surface area contributed by atoms with E-state index < -0.39 is 12.1 Å². The normalized spacial score (nSPS) is 12.1. The van der Waals surface area contributed by atoms with Gasteiger partial charge in [0.05, 0.1) is 13.2 Å². The van der Waals surface area contributed by atoms with Gasteiger partial charge < -0.3 is 24.2 Å². The van der Waals surface area contributed by atoms with Crippen LogP contribution in [0.5, 0.6) is 5.75 Å². The smallest absolute Gasteiger partial charge is 0.409 e. The van der Waals surface area contributed by atoms with Crippen molar-refractivity contribution < 1.29 is 28.9 Å². The van der Waals surface area contributed by atoms with Gasteiger partial charge in [0, 0.05) is 19.6 Å². The first-order chi connectivity index (χ1) is 17.2. The Morgan fingerprint density at radius 3 is 2.25 bits per heavy atom. The average Bonchev–Trinajstić information content (AvgIpc) is 2.84. The molecule has 0 saturated heterocycles. The second kappa shape index (κ2) is 15.1. The van der Waals surface area contributed by atoms with Gasteiger partial charge in [-0.2, -0.15) is 0 Å². The van der Waals surface area contributed by atoms with Gasteiger partial charge in [0.25, 0.3) is 0 Å². The second-order valence-electron chi connectivity index (χ2n) is 10.0. The van der Waals surface area contributed by atoms with E-state index in [4.69, 9.17) is 14.2 Å². The molecule has 2 rings (SSSR count). The molecule has 36 heavy (non-hydrogen) atoms. The largest absolute Gasteiger partial charge is 0.492 e. The molecule has 198 valence electrons. The van der Waals surface area contributed by atoms with E-state index in [2.05, 4.69) is 12.1 Å². The summed E-state index contributed by atoms with van der Waals surface area (Å²) in [4.78, 5) is 25.7. The molecule has 1 amide bonds. The maximum absolute atomic E-state index is 12.7. The minimum Gasteiger partial charge on any atom is -0.492 e. The summed E-state index contributed by atoms with van der Waals surface area (Å²) < 4.78 is 16.7. The lowest BCUT2D eigenvalue weighted by Crippen LogP contribution is -2.37. The van der Waals surface area contributed by atoms with Gasteiger partial charge in [0.2, 0.25) is 0 Å². The van der Waals surface area contributed by atoms with Crippen LogP contribution in [0.3, 0.4) is 0 Å². The van der Waals surface area contributed by atoms with Crippen molar-refractivity contribution in [3.8, 4) is 5.75 Å². The summed E-state index contributed by atoms with van der Waals surface area (Å²) in [5.74, 6) is -0.312. The standard InChI is InChI=1S/C29H41NO6/c1-5-34-26(27(31)32)21-24-14-16-25(17-15-24)35-20-19-30(28(33)36-22-29(2,3)4)18-10-9-13-23-11-7-6-8-12-23/h6-8,11-12,14-17,26H,5,9-10,13,18-22H2,1-4H3,(H,31,32). The third-order valence-corrected chi connectivity index (χ3v) is 5.49. The van der Waals surface area contributed by atoms with Crippen LogP contribution in [0.15, 0.2) is 54.6 Å². The Bertz CT molecular complexity index is 908. The molecule has 0 aliphatic rings. The summed E-state index contributed by atoms with van der Waals surface area (Å²) in [6.45, 7) is 9.93. The van der Waals surface area contributed by atoms with Crippen molar-refractivity contribution >= 4 is 12.1 Å². The number of hydrogen-bond acceptors (Lipinski definition) is 5. The number of aryl methyl sites for hydroxylation is 1. The maximum Gasteiger partial charge on any atom is 0.409 e. The van der Waals surface area contributed by atoms with E-state index >= 15 is 0 Å². The molecule has 7 nitrogen and oxygen atoms in total. The first kappa shape index (κ1) is 29.2. The van der Waals surface area contributed by atoms with Gasteiger partial charge in [-0.3, -0.25) is 0 Å². The molecular formula is C29H41NO6. The molecule has 1 unspecified atom stereocenters. The Kier molecular flexibility index (Phi) is 12.3. The van der Waals surface area contributed by atoms with Gasteiger partial charge in [-0.25, -0.2) is 9.59 Å². The van der Waals surface area contributed by atoms with Gasteiger partial charge in [-0.05, 0) is 54.9 Å². The number of rotatable bonds is 15. The first-order valence-corrected chi connectivity index (χ1v) is 12.7. The van der Waals surface area contributed by atoms with Crippen LogP contribution in [0, 0.1) is 5.41 Å². The van der Waals surface area contributed by atoms with Crippen LogP contribution in [0.2, 0.25) is 0 Å². The number of carboxylic acid groups (broad SMARTS) is 1. The summed E-state index contributed by atoms with van der Waals surface area (Å²) in [5.41, 5.74) is 2.05. The van der Waals surface area contributed by atoms with Crippen LogP contribution >= 0.6 is 0 Å². The van der Waals surface area contributed by atoms with Crippen molar-refractivity contribution in [2.75, 3.05) is 32.9 Å². The van der Waals surface area contributed by atoms with Crippen molar-refractivity contribution in [3.05, 3.63) is 65.7 Å². The predicted molar refractivity (Wildman–Crippen MR) is 140 cm³/mol. The topological polar surface area (TPSA) is 85.3 Å². The number of ether oxygens (including phenoxy) is 3. The minimum absolute atomic E-state index is 0.102. The Balaban J connectivity index is 1.86. The van der Waals surface area contributed by atoms with Crippen LogP contribution in [0.1, 0.15) is 51.7 Å². The molecule has 0 saturated carbocycles. The van der Waals surface area contributed by atoms with Crippen LogP contribution in [-0.2, 0) is 27.1 Å². The van der Waals surface area contributed by atoms with Crippen molar-refractivity contribution in [2.45, 2.75) is 59.5 Å². The zero-order valence-electron chi connectivity index (χ0n) is 22.1. The lowest BCUT2D eigenvalue weighted by molar-refractivity contribution is -0.149. The van der Waals surface area contributed by atoms with E-state index in [0.717, 1.165) is 24.8 Å². The van der Waals surface area contributed by atoms with Crippen LogP contribution < -0.4 is 4.74 Å². The Morgan fingerprint density at radius 1 is 0.944 bits per heavy atom. The number of aliphatic carboxylic acids is 1. The number of unbranched alkanes of at least 4 members (excludes halogenated alkanes) is 1. The molecule has 1 N–H and O–H groups in total. The molecule has 0 radical (unpaired) electrons. The third kappa shape index (κ3) is 11.6. The summed E-state index contributed by atoms with van der Waals surface area (Å²) in [7, 11) is 0. The fourth-order valence-electron chi connectivity index (χ4n) is 3.57. The number of benzene rings is 2. The van der Waals surface area contributed by atoms with E-state index in [1.807, 2.05) is 63.2 Å². The number of carbonyl (C=O) groups excluding carboxylic acids is 1. The molecule has 0 aliphatic heterocycles. The van der Waals surface area contributed by atoms with Gasteiger partial charge in [-0.1, -0.05) is 63.2 Å². The zero-order chi connectivity index (χ0) is 26.4. The van der Waals surface area contributed by atoms with Crippen LogP contribution in [0.25, 0.3) is 0 Å². The molecule has 0 bridgehead atoms. The van der Waals surface area contributed by atoms with Gasteiger partial charge >= 0.3 is 12.1 Å². The number of carboxylic acids is 1. The van der Waals surface area contributed by atoms with Gasteiger partial charge in [0.15, 0.2) is 6.10 Å². The summed E-state index contributed by atoms with van der Waals surface area (Å²) in [5, 5.41) is 9.26. The quantitative estimate of drug-likeness (QED) is 0.321.